The minimum Gasteiger partial charge on any atom is -0.486 e. The smallest absolute Gasteiger partial charge is 0.182 e. The standard InChI is InChI=1S/C21H24N8O/c1-13(2)11-29-21(25-26-27-29)15-6-9-18-17(10-15)24-19(28(18)3)12-30-16-7-4-14(5-8-16)20(22)23/h4-10,13H,11-12H2,1-3H3,(H3,22,23). The highest BCUT2D eigenvalue weighted by atomic mass is 16.5. The first-order chi connectivity index (χ1) is 14.4. The van der Waals surface area contributed by atoms with Crippen molar-refractivity contribution >= 4 is 16.9 Å². The van der Waals surface area contributed by atoms with Gasteiger partial charge in [0, 0.05) is 24.7 Å². The lowest BCUT2D eigenvalue weighted by Gasteiger charge is -2.07. The molecule has 0 saturated heterocycles. The van der Waals surface area contributed by atoms with E-state index in [0.29, 0.717) is 23.8 Å². The van der Waals surface area contributed by atoms with Crippen molar-refractivity contribution in [3.8, 4) is 17.1 Å². The zero-order valence-corrected chi connectivity index (χ0v) is 17.2. The molecule has 0 aliphatic carbocycles. The maximum atomic E-state index is 7.46. The van der Waals surface area contributed by atoms with Crippen LogP contribution in [0.25, 0.3) is 22.4 Å². The van der Waals surface area contributed by atoms with E-state index in [4.69, 9.17) is 20.9 Å². The van der Waals surface area contributed by atoms with Crippen LogP contribution < -0.4 is 10.5 Å². The summed E-state index contributed by atoms with van der Waals surface area (Å²) in [7, 11) is 1.97. The van der Waals surface area contributed by atoms with Gasteiger partial charge < -0.3 is 15.0 Å². The predicted molar refractivity (Wildman–Crippen MR) is 114 cm³/mol. The lowest BCUT2D eigenvalue weighted by atomic mass is 10.1. The highest BCUT2D eigenvalue weighted by molar-refractivity contribution is 5.94. The number of rotatable bonds is 7. The number of amidine groups is 1. The quantitative estimate of drug-likeness (QED) is 0.361. The number of ether oxygens (including phenoxy) is 1. The highest BCUT2D eigenvalue weighted by Gasteiger charge is 2.14. The number of tetrazole rings is 1. The van der Waals surface area contributed by atoms with E-state index >= 15 is 0 Å². The van der Waals surface area contributed by atoms with Crippen LogP contribution >= 0.6 is 0 Å². The Labute approximate surface area is 174 Å². The number of nitrogen functional groups attached to an aromatic ring is 1. The Kier molecular flexibility index (Phi) is 5.18. The van der Waals surface area contributed by atoms with Crippen LogP contribution in [0.15, 0.2) is 42.5 Å². The van der Waals surface area contributed by atoms with Crippen LogP contribution in [0.3, 0.4) is 0 Å². The molecular weight excluding hydrogens is 380 g/mol. The molecule has 4 rings (SSSR count). The van der Waals surface area contributed by atoms with Gasteiger partial charge in [-0.15, -0.1) is 5.10 Å². The number of nitrogens with two attached hydrogens (primary N) is 1. The Hall–Kier alpha value is -3.75. The molecule has 9 nitrogen and oxygen atoms in total. The molecule has 0 spiro atoms. The molecule has 0 fully saturated rings. The molecule has 154 valence electrons. The molecule has 0 aliphatic rings. The molecule has 0 amide bonds. The third-order valence-corrected chi connectivity index (χ3v) is 4.83. The lowest BCUT2D eigenvalue weighted by molar-refractivity contribution is 0.292. The normalized spacial score (nSPS) is 11.3. The minimum atomic E-state index is 0.0344. The van der Waals surface area contributed by atoms with Crippen molar-refractivity contribution in [3.63, 3.8) is 0 Å². The Bertz CT molecular complexity index is 1190. The highest BCUT2D eigenvalue weighted by Crippen LogP contribution is 2.24. The number of hydrogen-bond acceptors (Lipinski definition) is 6. The molecular formula is C21H24N8O. The Balaban J connectivity index is 1.56. The fraction of sp³-hybridized carbons (Fsp3) is 0.286. The summed E-state index contributed by atoms with van der Waals surface area (Å²) in [4.78, 5) is 4.74. The summed E-state index contributed by atoms with van der Waals surface area (Å²) < 4.78 is 9.71. The molecule has 30 heavy (non-hydrogen) atoms. The van der Waals surface area contributed by atoms with Gasteiger partial charge >= 0.3 is 0 Å². The van der Waals surface area contributed by atoms with E-state index in [2.05, 4.69) is 29.4 Å². The van der Waals surface area contributed by atoms with E-state index in [1.165, 1.54) is 0 Å². The van der Waals surface area contributed by atoms with Gasteiger partial charge in [-0.3, -0.25) is 5.41 Å². The van der Waals surface area contributed by atoms with E-state index < -0.39 is 0 Å². The van der Waals surface area contributed by atoms with Crippen molar-refractivity contribution in [2.75, 3.05) is 0 Å². The number of imidazole rings is 1. The van der Waals surface area contributed by atoms with E-state index in [-0.39, 0.29) is 5.84 Å². The Morgan fingerprint density at radius 3 is 2.63 bits per heavy atom. The topological polar surface area (TPSA) is 121 Å². The van der Waals surface area contributed by atoms with Crippen LogP contribution in [0, 0.1) is 11.3 Å². The van der Waals surface area contributed by atoms with Gasteiger partial charge in [0.15, 0.2) is 5.82 Å². The second-order valence-electron chi connectivity index (χ2n) is 7.60. The first-order valence-electron chi connectivity index (χ1n) is 9.71. The number of nitrogens with one attached hydrogen (secondary N) is 1. The summed E-state index contributed by atoms with van der Waals surface area (Å²) in [6, 6.07) is 13.2. The summed E-state index contributed by atoms with van der Waals surface area (Å²) in [5.41, 5.74) is 8.95. The van der Waals surface area contributed by atoms with Crippen molar-refractivity contribution in [2.45, 2.75) is 27.0 Å². The summed E-state index contributed by atoms with van der Waals surface area (Å²) in [5.74, 6) is 2.71. The van der Waals surface area contributed by atoms with E-state index in [1.807, 2.05) is 34.5 Å². The molecule has 0 aliphatic heterocycles. The minimum absolute atomic E-state index is 0.0344. The molecule has 0 saturated carbocycles. The van der Waals surface area contributed by atoms with Crippen LogP contribution in [0.2, 0.25) is 0 Å². The van der Waals surface area contributed by atoms with Gasteiger partial charge in [-0.25, -0.2) is 9.67 Å². The van der Waals surface area contributed by atoms with Crippen LogP contribution in [0.5, 0.6) is 5.75 Å². The fourth-order valence-corrected chi connectivity index (χ4v) is 3.28. The molecule has 0 atom stereocenters. The molecule has 0 radical (unpaired) electrons. The number of aromatic nitrogens is 6. The molecule has 4 aromatic rings. The van der Waals surface area contributed by atoms with Gasteiger partial charge in [0.1, 0.15) is 24.0 Å². The molecule has 0 bridgehead atoms. The van der Waals surface area contributed by atoms with Crippen LogP contribution in [0.4, 0.5) is 0 Å². The molecule has 2 aromatic carbocycles. The zero-order valence-electron chi connectivity index (χ0n) is 17.2. The van der Waals surface area contributed by atoms with Gasteiger partial charge in [0.05, 0.1) is 11.0 Å². The number of hydrogen-bond donors (Lipinski definition) is 2. The van der Waals surface area contributed by atoms with Crippen molar-refractivity contribution in [3.05, 3.63) is 53.9 Å². The average molecular weight is 404 g/mol. The van der Waals surface area contributed by atoms with E-state index in [9.17, 15) is 0 Å². The van der Waals surface area contributed by atoms with Crippen molar-refractivity contribution in [1.29, 1.82) is 5.41 Å². The summed E-state index contributed by atoms with van der Waals surface area (Å²) in [5, 5.41) is 19.6. The maximum Gasteiger partial charge on any atom is 0.182 e. The second-order valence-corrected chi connectivity index (χ2v) is 7.60. The van der Waals surface area contributed by atoms with Crippen LogP contribution in [-0.2, 0) is 20.2 Å². The van der Waals surface area contributed by atoms with Gasteiger partial charge in [-0.2, -0.15) is 0 Å². The first-order valence-corrected chi connectivity index (χ1v) is 9.71. The predicted octanol–water partition coefficient (Wildman–Crippen LogP) is 2.75. The van der Waals surface area contributed by atoms with Crippen molar-refractivity contribution < 1.29 is 4.74 Å². The van der Waals surface area contributed by atoms with E-state index in [0.717, 1.165) is 34.8 Å². The number of fused-ring (bicyclic) bond motifs is 1. The number of aryl methyl sites for hydroxylation is 1. The lowest BCUT2D eigenvalue weighted by Crippen LogP contribution is -2.10. The van der Waals surface area contributed by atoms with Crippen LogP contribution in [-0.4, -0.2) is 35.6 Å². The van der Waals surface area contributed by atoms with Gasteiger partial charge in [-0.05, 0) is 58.8 Å². The third-order valence-electron chi connectivity index (χ3n) is 4.83. The Morgan fingerprint density at radius 1 is 1.17 bits per heavy atom. The fourth-order valence-electron chi connectivity index (χ4n) is 3.28. The van der Waals surface area contributed by atoms with E-state index in [1.54, 1.807) is 24.3 Å². The molecule has 2 aromatic heterocycles. The molecule has 3 N–H and O–H groups in total. The summed E-state index contributed by atoms with van der Waals surface area (Å²) in [6.45, 7) is 5.34. The zero-order chi connectivity index (χ0) is 21.3. The van der Waals surface area contributed by atoms with Crippen molar-refractivity contribution in [1.82, 2.24) is 29.8 Å². The summed E-state index contributed by atoms with van der Waals surface area (Å²) >= 11 is 0. The molecule has 2 heterocycles. The maximum absolute atomic E-state index is 7.46. The van der Waals surface area contributed by atoms with Gasteiger partial charge in [0.25, 0.3) is 0 Å². The number of benzene rings is 2. The Morgan fingerprint density at radius 2 is 1.93 bits per heavy atom. The SMILES string of the molecule is CC(C)Cn1nnnc1-c1ccc2c(c1)nc(COc1ccc(C(=N)N)cc1)n2C. The second kappa shape index (κ2) is 7.94. The largest absolute Gasteiger partial charge is 0.486 e. The van der Waals surface area contributed by atoms with Crippen LogP contribution in [0.1, 0.15) is 25.2 Å². The molecule has 0 unspecified atom stereocenters. The van der Waals surface area contributed by atoms with Gasteiger partial charge in [0.2, 0.25) is 0 Å². The number of nitrogens with zero attached hydrogens (tertiary/aromatic N) is 6. The van der Waals surface area contributed by atoms with Gasteiger partial charge in [-0.1, -0.05) is 13.8 Å². The summed E-state index contributed by atoms with van der Waals surface area (Å²) in [6.07, 6.45) is 0. The first kappa shape index (κ1) is 19.6. The average Bonchev–Trinajstić information content (AvgIpc) is 3.30. The third kappa shape index (κ3) is 3.86. The monoisotopic (exact) mass is 404 g/mol. The molecule has 9 heteroatoms. The van der Waals surface area contributed by atoms with Crippen molar-refractivity contribution in [2.24, 2.45) is 18.7 Å².